The van der Waals surface area contributed by atoms with Gasteiger partial charge in [0.2, 0.25) is 0 Å². The Morgan fingerprint density at radius 3 is 2.70 bits per heavy atom. The number of nitro benzene ring substituents is 1. The number of aryl methyl sites for hydroxylation is 1. The minimum atomic E-state index is -0.489. The van der Waals surface area contributed by atoms with E-state index in [9.17, 15) is 14.9 Å². The lowest BCUT2D eigenvalue weighted by Crippen LogP contribution is -2.13. The SMILES string of the molecule is O=C1Nc2ccc([N+](=O)[O-])cc2C1=Nc1ccc(-c2nnc3n2CCCCC3)cc1. The highest BCUT2D eigenvalue weighted by Crippen LogP contribution is 2.30. The third-order valence-electron chi connectivity index (χ3n) is 5.41. The van der Waals surface area contributed by atoms with Gasteiger partial charge in [-0.3, -0.25) is 14.9 Å². The molecule has 3 aromatic rings. The molecule has 9 heteroatoms. The van der Waals surface area contributed by atoms with Crippen LogP contribution in [0.1, 0.15) is 30.7 Å². The molecule has 0 bridgehead atoms. The Kier molecular flexibility index (Phi) is 4.35. The lowest BCUT2D eigenvalue weighted by molar-refractivity contribution is -0.384. The highest BCUT2D eigenvalue weighted by atomic mass is 16.6. The van der Waals surface area contributed by atoms with Crippen molar-refractivity contribution in [3.05, 3.63) is 64.0 Å². The van der Waals surface area contributed by atoms with Gasteiger partial charge in [-0.1, -0.05) is 6.42 Å². The molecule has 30 heavy (non-hydrogen) atoms. The lowest BCUT2D eigenvalue weighted by Gasteiger charge is -2.07. The van der Waals surface area contributed by atoms with Gasteiger partial charge in [-0.2, -0.15) is 0 Å². The van der Waals surface area contributed by atoms with Crippen LogP contribution in [-0.2, 0) is 17.8 Å². The zero-order valence-electron chi connectivity index (χ0n) is 16.0. The molecule has 0 unspecified atom stereocenters. The summed E-state index contributed by atoms with van der Waals surface area (Å²) in [6, 6.07) is 11.7. The zero-order chi connectivity index (χ0) is 20.7. The zero-order valence-corrected chi connectivity index (χ0v) is 16.0. The first-order valence-corrected chi connectivity index (χ1v) is 9.81. The highest BCUT2D eigenvalue weighted by molar-refractivity contribution is 6.54. The number of benzene rings is 2. The van der Waals surface area contributed by atoms with E-state index >= 15 is 0 Å². The van der Waals surface area contributed by atoms with E-state index in [0.717, 1.165) is 43.0 Å². The summed E-state index contributed by atoms with van der Waals surface area (Å²) in [5, 5.41) is 22.5. The van der Waals surface area contributed by atoms with Crippen LogP contribution >= 0.6 is 0 Å². The third kappa shape index (κ3) is 3.14. The smallest absolute Gasteiger partial charge is 0.275 e. The van der Waals surface area contributed by atoms with Gasteiger partial charge in [-0.15, -0.1) is 10.2 Å². The van der Waals surface area contributed by atoms with E-state index in [1.807, 2.05) is 24.3 Å². The molecule has 0 radical (unpaired) electrons. The molecule has 3 heterocycles. The Morgan fingerprint density at radius 2 is 1.90 bits per heavy atom. The first kappa shape index (κ1) is 18.2. The van der Waals surface area contributed by atoms with Gasteiger partial charge in [-0.05, 0) is 43.2 Å². The Balaban J connectivity index is 1.47. The number of nitrogens with zero attached hydrogens (tertiary/aromatic N) is 5. The molecule has 2 aliphatic rings. The van der Waals surface area contributed by atoms with Gasteiger partial charge in [0.05, 0.1) is 16.3 Å². The molecule has 0 spiro atoms. The number of hydrogen-bond acceptors (Lipinski definition) is 6. The summed E-state index contributed by atoms with van der Waals surface area (Å²) in [5.41, 5.74) is 2.55. The third-order valence-corrected chi connectivity index (χ3v) is 5.41. The van der Waals surface area contributed by atoms with Gasteiger partial charge in [0.1, 0.15) is 11.5 Å². The van der Waals surface area contributed by atoms with Gasteiger partial charge in [0.25, 0.3) is 11.6 Å². The number of carbonyl (C=O) groups excluding carboxylic acids is 1. The quantitative estimate of drug-likeness (QED) is 0.530. The molecule has 0 saturated carbocycles. The number of aliphatic imine (C=N–C) groups is 1. The van der Waals surface area contributed by atoms with E-state index in [1.165, 1.54) is 24.6 Å². The van der Waals surface area contributed by atoms with E-state index in [-0.39, 0.29) is 17.3 Å². The number of anilines is 1. The molecule has 0 aliphatic carbocycles. The number of amides is 1. The van der Waals surface area contributed by atoms with Crippen molar-refractivity contribution in [1.29, 1.82) is 0 Å². The number of rotatable bonds is 3. The van der Waals surface area contributed by atoms with E-state index in [0.29, 0.717) is 16.9 Å². The summed E-state index contributed by atoms with van der Waals surface area (Å²) in [4.78, 5) is 27.4. The summed E-state index contributed by atoms with van der Waals surface area (Å²) in [6.45, 7) is 0.914. The molecule has 9 nitrogen and oxygen atoms in total. The van der Waals surface area contributed by atoms with Crippen LogP contribution < -0.4 is 5.32 Å². The summed E-state index contributed by atoms with van der Waals surface area (Å²) in [7, 11) is 0. The Labute approximate surface area is 171 Å². The van der Waals surface area contributed by atoms with Crippen LogP contribution in [0.4, 0.5) is 17.1 Å². The first-order valence-electron chi connectivity index (χ1n) is 9.81. The van der Waals surface area contributed by atoms with Crippen molar-refractivity contribution >= 4 is 28.7 Å². The topological polar surface area (TPSA) is 115 Å². The van der Waals surface area contributed by atoms with Gasteiger partial charge in [0.15, 0.2) is 5.82 Å². The second kappa shape index (κ2) is 7.18. The summed E-state index contributed by atoms with van der Waals surface area (Å²) >= 11 is 0. The molecule has 1 amide bonds. The fraction of sp³-hybridized carbons (Fsp3) is 0.238. The van der Waals surface area contributed by atoms with E-state index < -0.39 is 4.92 Å². The molecule has 1 aromatic heterocycles. The second-order valence-corrected chi connectivity index (χ2v) is 7.35. The van der Waals surface area contributed by atoms with Gasteiger partial charge in [0, 0.05) is 36.2 Å². The summed E-state index contributed by atoms with van der Waals surface area (Å²) in [6.07, 6.45) is 4.39. The maximum Gasteiger partial charge on any atom is 0.275 e. The van der Waals surface area contributed by atoms with Crippen molar-refractivity contribution in [1.82, 2.24) is 14.8 Å². The number of nitro groups is 1. The minimum Gasteiger partial charge on any atom is -0.320 e. The van der Waals surface area contributed by atoms with Crippen LogP contribution in [0.15, 0.2) is 47.5 Å². The fourth-order valence-electron chi connectivity index (χ4n) is 3.88. The van der Waals surface area contributed by atoms with E-state index in [4.69, 9.17) is 0 Å². The molecular weight excluding hydrogens is 384 g/mol. The average Bonchev–Trinajstić information content (AvgIpc) is 3.19. The fourth-order valence-corrected chi connectivity index (χ4v) is 3.88. The number of carbonyl (C=O) groups is 1. The van der Waals surface area contributed by atoms with Crippen LogP contribution in [0.5, 0.6) is 0 Å². The normalized spacial score (nSPS) is 16.7. The van der Waals surface area contributed by atoms with Gasteiger partial charge in [-0.25, -0.2) is 4.99 Å². The number of non-ortho nitro benzene ring substituents is 1. The summed E-state index contributed by atoms with van der Waals surface area (Å²) in [5.74, 6) is 1.48. The molecule has 150 valence electrons. The molecule has 5 rings (SSSR count). The van der Waals surface area contributed by atoms with Crippen LogP contribution in [0, 0.1) is 10.1 Å². The summed E-state index contributed by atoms with van der Waals surface area (Å²) < 4.78 is 2.17. The largest absolute Gasteiger partial charge is 0.320 e. The standard InChI is InChI=1S/C21H18N6O3/c28-21-19(16-12-15(27(29)30)9-10-17(16)23-21)22-14-7-5-13(6-8-14)20-25-24-18-4-2-1-3-11-26(18)20/h5-10,12H,1-4,11H2,(H,22,23,28). The molecule has 0 saturated heterocycles. The van der Waals surface area contributed by atoms with Crippen molar-refractivity contribution in [3.8, 4) is 11.4 Å². The van der Waals surface area contributed by atoms with Crippen LogP contribution in [-0.4, -0.2) is 31.3 Å². The van der Waals surface area contributed by atoms with Crippen molar-refractivity contribution in [2.45, 2.75) is 32.2 Å². The van der Waals surface area contributed by atoms with Crippen molar-refractivity contribution in [3.63, 3.8) is 0 Å². The first-order chi connectivity index (χ1) is 14.6. The predicted molar refractivity (Wildman–Crippen MR) is 111 cm³/mol. The maximum atomic E-state index is 12.3. The Hall–Kier alpha value is -3.88. The average molecular weight is 402 g/mol. The number of fused-ring (bicyclic) bond motifs is 2. The Bertz CT molecular complexity index is 1200. The Morgan fingerprint density at radius 1 is 1.07 bits per heavy atom. The van der Waals surface area contributed by atoms with Gasteiger partial charge >= 0.3 is 0 Å². The highest BCUT2D eigenvalue weighted by Gasteiger charge is 2.28. The van der Waals surface area contributed by atoms with Crippen molar-refractivity contribution in [2.24, 2.45) is 4.99 Å². The monoisotopic (exact) mass is 402 g/mol. The minimum absolute atomic E-state index is 0.0826. The van der Waals surface area contributed by atoms with Gasteiger partial charge < -0.3 is 9.88 Å². The lowest BCUT2D eigenvalue weighted by atomic mass is 10.1. The van der Waals surface area contributed by atoms with E-state index in [2.05, 4.69) is 25.1 Å². The van der Waals surface area contributed by atoms with Crippen molar-refractivity contribution in [2.75, 3.05) is 5.32 Å². The van der Waals surface area contributed by atoms with E-state index in [1.54, 1.807) is 0 Å². The second-order valence-electron chi connectivity index (χ2n) is 7.35. The van der Waals surface area contributed by atoms with Crippen LogP contribution in [0.2, 0.25) is 0 Å². The molecule has 0 atom stereocenters. The predicted octanol–water partition coefficient (Wildman–Crippen LogP) is 3.65. The molecule has 2 aromatic carbocycles. The molecule has 0 fully saturated rings. The number of hydrogen-bond donors (Lipinski definition) is 1. The van der Waals surface area contributed by atoms with Crippen molar-refractivity contribution < 1.29 is 9.72 Å². The van der Waals surface area contributed by atoms with Crippen LogP contribution in [0.3, 0.4) is 0 Å². The number of nitrogens with one attached hydrogen (secondary N) is 1. The molecule has 2 aliphatic heterocycles. The molecule has 1 N–H and O–H groups in total. The molecular formula is C21H18N6O3. The van der Waals surface area contributed by atoms with Crippen LogP contribution in [0.25, 0.3) is 11.4 Å². The maximum absolute atomic E-state index is 12.3. The number of aromatic nitrogens is 3.